The molecular weight excluding hydrogens is 276 g/mol. The van der Waals surface area contributed by atoms with Gasteiger partial charge in [0, 0.05) is 0 Å². The molecule has 20 heavy (non-hydrogen) atoms. The van der Waals surface area contributed by atoms with Crippen molar-refractivity contribution in [1.82, 2.24) is 9.55 Å². The summed E-state index contributed by atoms with van der Waals surface area (Å²) in [7, 11) is 0. The first-order valence-corrected chi connectivity index (χ1v) is 6.93. The van der Waals surface area contributed by atoms with Gasteiger partial charge in [0.25, 0.3) is 5.56 Å². The van der Waals surface area contributed by atoms with Crippen LogP contribution >= 0.6 is 11.6 Å². The van der Waals surface area contributed by atoms with Gasteiger partial charge in [-0.2, -0.15) is 0 Å². The highest BCUT2D eigenvalue weighted by molar-refractivity contribution is 6.30. The summed E-state index contributed by atoms with van der Waals surface area (Å²) < 4.78 is 1.23. The average molecular weight is 293 g/mol. The van der Waals surface area contributed by atoms with E-state index in [1.165, 1.54) is 4.57 Å². The summed E-state index contributed by atoms with van der Waals surface area (Å²) >= 11 is 5.92. The molecule has 0 bridgehead atoms. The van der Waals surface area contributed by atoms with Crippen molar-refractivity contribution in [2.45, 2.75) is 33.2 Å². The van der Waals surface area contributed by atoms with E-state index in [1.807, 2.05) is 45.0 Å². The van der Waals surface area contributed by atoms with Crippen molar-refractivity contribution in [2.75, 3.05) is 0 Å². The maximum atomic E-state index is 12.4. The Bertz CT molecular complexity index is 746. The van der Waals surface area contributed by atoms with E-state index in [4.69, 9.17) is 11.6 Å². The molecule has 0 radical (unpaired) electrons. The number of aromatic nitrogens is 2. The third kappa shape index (κ3) is 2.43. The summed E-state index contributed by atoms with van der Waals surface area (Å²) in [6, 6.07) is 7.37. The second kappa shape index (κ2) is 5.67. The summed E-state index contributed by atoms with van der Waals surface area (Å²) in [5, 5.41) is 0.135. The van der Waals surface area contributed by atoms with Gasteiger partial charge in [-0.3, -0.25) is 14.3 Å². The van der Waals surface area contributed by atoms with Crippen LogP contribution in [-0.2, 0) is 6.42 Å². The zero-order valence-electron chi connectivity index (χ0n) is 11.7. The smallest absolute Gasteiger partial charge is 0.297 e. The van der Waals surface area contributed by atoms with Crippen LogP contribution < -0.4 is 11.2 Å². The van der Waals surface area contributed by atoms with Crippen molar-refractivity contribution >= 4 is 11.6 Å². The SMILES string of the molecule is CCc1c(Cl)[nH]c(=O)n(C(C)c2ccccc2C)c1=O. The van der Waals surface area contributed by atoms with Gasteiger partial charge in [-0.25, -0.2) is 4.79 Å². The molecule has 0 aliphatic rings. The monoisotopic (exact) mass is 292 g/mol. The average Bonchev–Trinajstić information content (AvgIpc) is 2.39. The summed E-state index contributed by atoms with van der Waals surface area (Å²) in [6.45, 7) is 5.64. The van der Waals surface area contributed by atoms with Gasteiger partial charge in [0.05, 0.1) is 11.6 Å². The predicted octanol–water partition coefficient (Wildman–Crippen LogP) is 2.67. The lowest BCUT2D eigenvalue weighted by Gasteiger charge is -2.17. The molecule has 1 N–H and O–H groups in total. The van der Waals surface area contributed by atoms with E-state index in [9.17, 15) is 9.59 Å². The van der Waals surface area contributed by atoms with Crippen LogP contribution in [0.2, 0.25) is 5.15 Å². The molecule has 0 saturated carbocycles. The Hall–Kier alpha value is -1.81. The standard InChI is InChI=1S/C15H17ClN2O2/c1-4-11-13(16)17-15(20)18(14(11)19)10(3)12-8-6-5-7-9(12)2/h5-8,10H,4H2,1-3H3,(H,17,20). The molecule has 0 fully saturated rings. The number of hydrogen-bond donors (Lipinski definition) is 1. The van der Waals surface area contributed by atoms with Gasteiger partial charge in [-0.05, 0) is 31.4 Å². The molecular formula is C15H17ClN2O2. The minimum Gasteiger partial charge on any atom is -0.297 e. The molecule has 2 aromatic rings. The van der Waals surface area contributed by atoms with Gasteiger partial charge in [-0.1, -0.05) is 42.8 Å². The Morgan fingerprint density at radius 3 is 2.55 bits per heavy atom. The molecule has 0 saturated heterocycles. The van der Waals surface area contributed by atoms with Crippen LogP contribution in [0.1, 0.15) is 36.6 Å². The zero-order chi connectivity index (χ0) is 14.9. The van der Waals surface area contributed by atoms with Crippen molar-refractivity contribution in [3.8, 4) is 0 Å². The Morgan fingerprint density at radius 1 is 1.30 bits per heavy atom. The van der Waals surface area contributed by atoms with E-state index in [-0.39, 0.29) is 16.8 Å². The fraction of sp³-hybridized carbons (Fsp3) is 0.333. The highest BCUT2D eigenvalue weighted by Gasteiger charge is 2.18. The number of rotatable bonds is 3. The molecule has 2 rings (SSSR count). The molecule has 1 unspecified atom stereocenters. The van der Waals surface area contributed by atoms with E-state index >= 15 is 0 Å². The van der Waals surface area contributed by atoms with E-state index in [1.54, 1.807) is 0 Å². The molecule has 4 nitrogen and oxygen atoms in total. The maximum absolute atomic E-state index is 12.4. The number of benzene rings is 1. The number of H-pyrrole nitrogens is 1. The highest BCUT2D eigenvalue weighted by atomic mass is 35.5. The Morgan fingerprint density at radius 2 is 1.95 bits per heavy atom. The van der Waals surface area contributed by atoms with Crippen LogP contribution in [0, 0.1) is 6.92 Å². The van der Waals surface area contributed by atoms with Gasteiger partial charge in [0.15, 0.2) is 0 Å². The zero-order valence-corrected chi connectivity index (χ0v) is 12.5. The van der Waals surface area contributed by atoms with Crippen LogP contribution in [0.3, 0.4) is 0 Å². The molecule has 0 aliphatic carbocycles. The second-order valence-corrected chi connectivity index (χ2v) is 5.16. The molecule has 0 spiro atoms. The van der Waals surface area contributed by atoms with E-state index < -0.39 is 5.69 Å². The second-order valence-electron chi connectivity index (χ2n) is 4.78. The fourth-order valence-corrected chi connectivity index (χ4v) is 2.71. The molecule has 0 amide bonds. The van der Waals surface area contributed by atoms with Gasteiger partial charge in [0.2, 0.25) is 0 Å². The first-order valence-electron chi connectivity index (χ1n) is 6.56. The molecule has 1 aromatic heterocycles. The van der Waals surface area contributed by atoms with Crippen molar-refractivity contribution in [2.24, 2.45) is 0 Å². The van der Waals surface area contributed by atoms with Crippen LogP contribution in [0.5, 0.6) is 0 Å². The summed E-state index contributed by atoms with van der Waals surface area (Å²) in [5.41, 5.74) is 1.63. The first kappa shape index (κ1) is 14.6. The summed E-state index contributed by atoms with van der Waals surface area (Å²) in [4.78, 5) is 27.0. The number of nitrogens with zero attached hydrogens (tertiary/aromatic N) is 1. The van der Waals surface area contributed by atoms with Crippen molar-refractivity contribution in [3.05, 3.63) is 66.9 Å². The number of halogens is 1. The third-order valence-corrected chi connectivity index (χ3v) is 3.88. The molecule has 1 atom stereocenters. The lowest BCUT2D eigenvalue weighted by atomic mass is 10.0. The van der Waals surface area contributed by atoms with Crippen LogP contribution in [0.15, 0.2) is 33.9 Å². The molecule has 0 aliphatic heterocycles. The predicted molar refractivity (Wildman–Crippen MR) is 80.7 cm³/mol. The largest absolute Gasteiger partial charge is 0.330 e. The highest BCUT2D eigenvalue weighted by Crippen LogP contribution is 2.19. The van der Waals surface area contributed by atoms with E-state index in [2.05, 4.69) is 4.98 Å². The number of aryl methyl sites for hydroxylation is 1. The fourth-order valence-electron chi connectivity index (χ4n) is 2.41. The lowest BCUT2D eigenvalue weighted by molar-refractivity contribution is 0.569. The van der Waals surface area contributed by atoms with Crippen molar-refractivity contribution < 1.29 is 0 Å². The summed E-state index contributed by atoms with van der Waals surface area (Å²) in [5.74, 6) is 0. The molecule has 1 heterocycles. The lowest BCUT2D eigenvalue weighted by Crippen LogP contribution is -2.39. The first-order chi connectivity index (χ1) is 9.47. The maximum Gasteiger partial charge on any atom is 0.330 e. The van der Waals surface area contributed by atoms with Gasteiger partial charge in [0.1, 0.15) is 5.15 Å². The Kier molecular flexibility index (Phi) is 4.14. The van der Waals surface area contributed by atoms with Crippen LogP contribution in [0.25, 0.3) is 0 Å². The minimum absolute atomic E-state index is 0.135. The van der Waals surface area contributed by atoms with Crippen molar-refractivity contribution in [1.29, 1.82) is 0 Å². The minimum atomic E-state index is -0.479. The van der Waals surface area contributed by atoms with Gasteiger partial charge >= 0.3 is 5.69 Å². The Balaban J connectivity index is 2.68. The quantitative estimate of drug-likeness (QED) is 0.884. The van der Waals surface area contributed by atoms with E-state index in [0.29, 0.717) is 12.0 Å². The third-order valence-electron chi connectivity index (χ3n) is 3.56. The number of aromatic amines is 1. The Labute approximate surface area is 122 Å². The molecule has 106 valence electrons. The van der Waals surface area contributed by atoms with Crippen LogP contribution in [0.4, 0.5) is 0 Å². The number of hydrogen-bond acceptors (Lipinski definition) is 2. The number of nitrogens with one attached hydrogen (secondary N) is 1. The normalized spacial score (nSPS) is 12.4. The van der Waals surface area contributed by atoms with Crippen molar-refractivity contribution in [3.63, 3.8) is 0 Å². The van der Waals surface area contributed by atoms with Gasteiger partial charge in [-0.15, -0.1) is 0 Å². The molecule has 1 aromatic carbocycles. The topological polar surface area (TPSA) is 54.9 Å². The van der Waals surface area contributed by atoms with Gasteiger partial charge < -0.3 is 0 Å². The van der Waals surface area contributed by atoms with Crippen LogP contribution in [-0.4, -0.2) is 9.55 Å². The van der Waals surface area contributed by atoms with E-state index in [0.717, 1.165) is 11.1 Å². The summed E-state index contributed by atoms with van der Waals surface area (Å²) in [6.07, 6.45) is 0.481. The molecule has 5 heteroatoms.